The number of amides is 3. The Morgan fingerprint density at radius 1 is 0.703 bits per heavy atom. The molecule has 0 spiro atoms. The molecule has 3 amide bonds. The SMILES string of the molecule is CCCOC(=O)NC(C)(C)c1cccc(C(C)(C)NC(=O)OCCCOC(=O)NCc2ccccc2)c1. The zero-order chi connectivity index (χ0) is 27.3. The van der Waals surface area contributed by atoms with Gasteiger partial charge in [0.15, 0.2) is 0 Å². The van der Waals surface area contributed by atoms with Crippen LogP contribution in [0.15, 0.2) is 54.6 Å². The van der Waals surface area contributed by atoms with Gasteiger partial charge < -0.3 is 30.2 Å². The lowest BCUT2D eigenvalue weighted by Gasteiger charge is -2.30. The summed E-state index contributed by atoms with van der Waals surface area (Å²) in [5, 5.41) is 8.41. The monoisotopic (exact) mass is 513 g/mol. The molecular weight excluding hydrogens is 474 g/mol. The van der Waals surface area contributed by atoms with Gasteiger partial charge in [0.1, 0.15) is 0 Å². The van der Waals surface area contributed by atoms with Crippen LogP contribution < -0.4 is 16.0 Å². The third kappa shape index (κ3) is 10.4. The smallest absolute Gasteiger partial charge is 0.407 e. The van der Waals surface area contributed by atoms with Crippen molar-refractivity contribution in [2.24, 2.45) is 0 Å². The molecule has 0 bridgehead atoms. The topological polar surface area (TPSA) is 115 Å². The van der Waals surface area contributed by atoms with Gasteiger partial charge in [0.05, 0.1) is 30.9 Å². The number of alkyl carbamates (subject to hydrolysis) is 3. The van der Waals surface area contributed by atoms with Crippen LogP contribution in [0.1, 0.15) is 64.2 Å². The molecule has 0 saturated heterocycles. The summed E-state index contributed by atoms with van der Waals surface area (Å²) in [7, 11) is 0. The molecule has 3 N–H and O–H groups in total. The first kappa shape index (κ1) is 29.5. The minimum absolute atomic E-state index is 0.102. The van der Waals surface area contributed by atoms with Crippen molar-refractivity contribution < 1.29 is 28.6 Å². The molecule has 0 unspecified atom stereocenters. The predicted molar refractivity (Wildman–Crippen MR) is 141 cm³/mol. The number of benzene rings is 2. The fourth-order valence-corrected chi connectivity index (χ4v) is 3.43. The van der Waals surface area contributed by atoms with E-state index in [4.69, 9.17) is 14.2 Å². The van der Waals surface area contributed by atoms with Gasteiger partial charge in [-0.15, -0.1) is 0 Å². The fourth-order valence-electron chi connectivity index (χ4n) is 3.43. The normalized spacial score (nSPS) is 11.3. The summed E-state index contributed by atoms with van der Waals surface area (Å²) in [4.78, 5) is 36.2. The van der Waals surface area contributed by atoms with Crippen LogP contribution in [-0.2, 0) is 31.8 Å². The minimum atomic E-state index is -0.736. The van der Waals surface area contributed by atoms with Crippen LogP contribution >= 0.6 is 0 Å². The van der Waals surface area contributed by atoms with Crippen molar-refractivity contribution in [3.8, 4) is 0 Å². The van der Waals surface area contributed by atoms with Gasteiger partial charge in [-0.25, -0.2) is 14.4 Å². The van der Waals surface area contributed by atoms with Crippen molar-refractivity contribution in [2.75, 3.05) is 19.8 Å². The molecule has 0 aliphatic heterocycles. The molecule has 0 fully saturated rings. The minimum Gasteiger partial charge on any atom is -0.450 e. The van der Waals surface area contributed by atoms with Crippen LogP contribution in [0.3, 0.4) is 0 Å². The highest BCUT2D eigenvalue weighted by Crippen LogP contribution is 2.27. The van der Waals surface area contributed by atoms with Gasteiger partial charge >= 0.3 is 18.3 Å². The number of hydrogen-bond acceptors (Lipinski definition) is 6. The first-order chi connectivity index (χ1) is 17.5. The Bertz CT molecular complexity index is 1020. The van der Waals surface area contributed by atoms with Crippen LogP contribution in [0.2, 0.25) is 0 Å². The van der Waals surface area contributed by atoms with Crippen LogP contribution in [0, 0.1) is 0 Å². The van der Waals surface area contributed by atoms with Gasteiger partial charge in [-0.1, -0.05) is 61.5 Å². The maximum atomic E-state index is 12.4. The highest BCUT2D eigenvalue weighted by atomic mass is 16.6. The number of rotatable bonds is 12. The summed E-state index contributed by atoms with van der Waals surface area (Å²) in [6.45, 7) is 10.4. The number of nitrogens with one attached hydrogen (secondary N) is 3. The molecule has 0 radical (unpaired) electrons. The lowest BCUT2D eigenvalue weighted by atomic mass is 9.87. The van der Waals surface area contributed by atoms with Gasteiger partial charge in [-0.2, -0.15) is 0 Å². The van der Waals surface area contributed by atoms with Crippen LogP contribution in [0.25, 0.3) is 0 Å². The highest BCUT2D eigenvalue weighted by Gasteiger charge is 2.28. The van der Waals surface area contributed by atoms with E-state index in [0.717, 1.165) is 23.1 Å². The van der Waals surface area contributed by atoms with Crippen molar-refractivity contribution in [3.05, 3.63) is 71.3 Å². The fraction of sp³-hybridized carbons (Fsp3) is 0.464. The molecule has 2 rings (SSSR count). The zero-order valence-electron chi connectivity index (χ0n) is 22.4. The second-order valence-corrected chi connectivity index (χ2v) is 9.68. The maximum absolute atomic E-state index is 12.4. The van der Waals surface area contributed by atoms with E-state index in [0.29, 0.717) is 19.6 Å². The summed E-state index contributed by atoms with van der Waals surface area (Å²) in [5.41, 5.74) is 1.27. The largest absolute Gasteiger partial charge is 0.450 e. The standard InChI is InChI=1S/C28H39N3O6/c1-6-16-35-25(33)30-27(2,3)22-14-10-15-23(19-22)28(4,5)31-26(34)37-18-11-17-36-24(32)29-20-21-12-8-7-9-13-21/h7-10,12-15,19H,6,11,16-18,20H2,1-5H3,(H,29,32)(H,30,33)(H,31,34). The summed E-state index contributed by atoms with van der Waals surface area (Å²) in [6, 6.07) is 17.1. The molecule has 9 heteroatoms. The first-order valence-corrected chi connectivity index (χ1v) is 12.5. The average molecular weight is 514 g/mol. The van der Waals surface area contributed by atoms with E-state index in [1.54, 1.807) is 0 Å². The van der Waals surface area contributed by atoms with E-state index < -0.39 is 29.4 Å². The van der Waals surface area contributed by atoms with E-state index in [9.17, 15) is 14.4 Å². The molecule has 9 nitrogen and oxygen atoms in total. The van der Waals surface area contributed by atoms with Crippen LogP contribution in [-0.4, -0.2) is 38.1 Å². The highest BCUT2D eigenvalue weighted by molar-refractivity contribution is 5.69. The van der Waals surface area contributed by atoms with E-state index in [-0.39, 0.29) is 13.2 Å². The molecule has 0 heterocycles. The third-order valence-corrected chi connectivity index (χ3v) is 5.61. The lowest BCUT2D eigenvalue weighted by Crippen LogP contribution is -2.43. The van der Waals surface area contributed by atoms with Gasteiger partial charge in [-0.05, 0) is 50.8 Å². The second kappa shape index (κ2) is 14.1. The van der Waals surface area contributed by atoms with Gasteiger partial charge in [0.25, 0.3) is 0 Å². The molecule has 0 atom stereocenters. The first-order valence-electron chi connectivity index (χ1n) is 12.5. The Morgan fingerprint density at radius 3 is 1.76 bits per heavy atom. The van der Waals surface area contributed by atoms with Gasteiger partial charge in [-0.3, -0.25) is 0 Å². The van der Waals surface area contributed by atoms with Crippen molar-refractivity contribution >= 4 is 18.3 Å². The maximum Gasteiger partial charge on any atom is 0.407 e. The number of hydrogen-bond donors (Lipinski definition) is 3. The molecule has 2 aromatic rings. The quantitative estimate of drug-likeness (QED) is 0.261. The Morgan fingerprint density at radius 2 is 1.22 bits per heavy atom. The van der Waals surface area contributed by atoms with Crippen molar-refractivity contribution in [3.63, 3.8) is 0 Å². The Balaban J connectivity index is 1.77. The van der Waals surface area contributed by atoms with Crippen molar-refractivity contribution in [2.45, 2.75) is 65.1 Å². The molecule has 0 aliphatic carbocycles. The van der Waals surface area contributed by atoms with Crippen molar-refractivity contribution in [1.82, 2.24) is 16.0 Å². The summed E-state index contributed by atoms with van der Waals surface area (Å²) < 4.78 is 15.5. The lowest BCUT2D eigenvalue weighted by molar-refractivity contribution is 0.113. The van der Waals surface area contributed by atoms with Crippen LogP contribution in [0.4, 0.5) is 14.4 Å². The van der Waals surface area contributed by atoms with Crippen molar-refractivity contribution in [1.29, 1.82) is 0 Å². The molecule has 202 valence electrons. The number of ether oxygens (including phenoxy) is 3. The van der Waals surface area contributed by atoms with E-state index in [1.165, 1.54) is 0 Å². The summed E-state index contributed by atoms with van der Waals surface area (Å²) in [6.07, 6.45) is -0.461. The molecule has 0 saturated carbocycles. The predicted octanol–water partition coefficient (Wildman–Crippen LogP) is 5.34. The molecule has 0 aromatic heterocycles. The van der Waals surface area contributed by atoms with E-state index in [2.05, 4.69) is 16.0 Å². The van der Waals surface area contributed by atoms with Gasteiger partial charge in [0, 0.05) is 13.0 Å². The molecule has 37 heavy (non-hydrogen) atoms. The van der Waals surface area contributed by atoms with E-state index in [1.807, 2.05) is 89.2 Å². The molecule has 2 aromatic carbocycles. The van der Waals surface area contributed by atoms with E-state index >= 15 is 0 Å². The summed E-state index contributed by atoms with van der Waals surface area (Å²) >= 11 is 0. The van der Waals surface area contributed by atoms with Gasteiger partial charge in [0.2, 0.25) is 0 Å². The molecular formula is C28H39N3O6. The second-order valence-electron chi connectivity index (χ2n) is 9.68. The number of carbonyl (C=O) groups is 3. The number of carbonyl (C=O) groups excluding carboxylic acids is 3. The average Bonchev–Trinajstić information content (AvgIpc) is 2.86. The van der Waals surface area contributed by atoms with Crippen LogP contribution in [0.5, 0.6) is 0 Å². The Kier molecular flexibility index (Phi) is 11.2. The Hall–Kier alpha value is -3.75. The third-order valence-electron chi connectivity index (χ3n) is 5.61. The Labute approximate surface area is 219 Å². The summed E-state index contributed by atoms with van der Waals surface area (Å²) in [5.74, 6) is 0. The molecule has 0 aliphatic rings. The zero-order valence-corrected chi connectivity index (χ0v) is 22.4.